The lowest BCUT2D eigenvalue weighted by atomic mass is 9.99. The van der Waals surface area contributed by atoms with E-state index in [1.165, 1.54) is 0 Å². The van der Waals surface area contributed by atoms with Crippen LogP contribution in [0.25, 0.3) is 10.9 Å². The van der Waals surface area contributed by atoms with Gasteiger partial charge in [0.05, 0.1) is 19.8 Å². The largest absolute Gasteiger partial charge is 0.493 e. The number of aromatic nitrogens is 1. The Balaban J connectivity index is 0.00000361. The van der Waals surface area contributed by atoms with Gasteiger partial charge < -0.3 is 24.1 Å². The molecule has 46 heavy (non-hydrogen) atoms. The lowest BCUT2D eigenvalue weighted by molar-refractivity contribution is -0.149. The summed E-state index contributed by atoms with van der Waals surface area (Å²) in [4.78, 5) is 25.7. The topological polar surface area (TPSA) is 78.8 Å². The number of hydrogen-bond acceptors (Lipinski definition) is 5. The standard InChI is InChI=1S/C37H44N2O5.C2H4/c1-12-30(36(41)44-37(7,8)9)25(4)24(3)14-13-23(2)22-39-27(6)26(5)31-20-29(16-17-32(31)39)35(40)38-21-28-15-18-33(42-10)34(19-28)43-11;1-2/h12-20H,2-4,21-22H2,1,5-11H3,(H,38,40);1-2H2/b14-13-,30-12+;. The first-order chi connectivity index (χ1) is 21.7. The average molecular weight is 625 g/mol. The summed E-state index contributed by atoms with van der Waals surface area (Å²) in [5.41, 5.74) is 6.39. The van der Waals surface area contributed by atoms with Crippen molar-refractivity contribution in [2.75, 3.05) is 14.2 Å². The number of benzene rings is 2. The number of rotatable bonds is 12. The molecule has 3 rings (SSSR count). The van der Waals surface area contributed by atoms with Gasteiger partial charge in [0.1, 0.15) is 5.60 Å². The van der Waals surface area contributed by atoms with Crippen LogP contribution in [0.2, 0.25) is 0 Å². The molecule has 1 amide bonds. The lowest BCUT2D eigenvalue weighted by Gasteiger charge is -2.21. The smallest absolute Gasteiger partial charge is 0.338 e. The van der Waals surface area contributed by atoms with Gasteiger partial charge in [-0.05, 0) is 99.7 Å². The van der Waals surface area contributed by atoms with E-state index in [4.69, 9.17) is 14.2 Å². The van der Waals surface area contributed by atoms with Crippen LogP contribution in [0.1, 0.15) is 54.9 Å². The van der Waals surface area contributed by atoms with Gasteiger partial charge in [-0.15, -0.1) is 13.2 Å². The van der Waals surface area contributed by atoms with Crippen molar-refractivity contribution in [1.82, 2.24) is 9.88 Å². The molecule has 244 valence electrons. The molecular formula is C39H48N2O5. The summed E-state index contributed by atoms with van der Waals surface area (Å²) in [6.45, 7) is 30.7. The molecule has 0 radical (unpaired) electrons. The maximum Gasteiger partial charge on any atom is 0.338 e. The Morgan fingerprint density at radius 2 is 1.59 bits per heavy atom. The third kappa shape index (κ3) is 9.24. The van der Waals surface area contributed by atoms with Crippen LogP contribution in [0, 0.1) is 13.8 Å². The highest BCUT2D eigenvalue weighted by molar-refractivity contribution is 5.99. The van der Waals surface area contributed by atoms with Gasteiger partial charge in [-0.1, -0.05) is 44.0 Å². The molecule has 0 saturated heterocycles. The van der Waals surface area contributed by atoms with Crippen LogP contribution < -0.4 is 14.8 Å². The maximum absolute atomic E-state index is 13.1. The number of carbonyl (C=O) groups is 2. The van der Waals surface area contributed by atoms with E-state index in [0.29, 0.717) is 46.9 Å². The Kier molecular flexibility index (Phi) is 13.2. The zero-order valence-electron chi connectivity index (χ0n) is 28.6. The minimum absolute atomic E-state index is 0.163. The van der Waals surface area contributed by atoms with Crippen LogP contribution >= 0.6 is 0 Å². The van der Waals surface area contributed by atoms with E-state index >= 15 is 0 Å². The number of carbonyl (C=O) groups excluding carboxylic acids is 2. The predicted octanol–water partition coefficient (Wildman–Crippen LogP) is 8.52. The number of hydrogen-bond donors (Lipinski definition) is 1. The number of esters is 1. The van der Waals surface area contributed by atoms with E-state index in [1.807, 2.05) is 69.3 Å². The van der Waals surface area contributed by atoms with Crippen LogP contribution in [0.4, 0.5) is 0 Å². The van der Waals surface area contributed by atoms with Crippen LogP contribution in [-0.2, 0) is 22.6 Å². The molecule has 0 aliphatic heterocycles. The summed E-state index contributed by atoms with van der Waals surface area (Å²) in [7, 11) is 3.17. The highest BCUT2D eigenvalue weighted by atomic mass is 16.6. The molecule has 0 fully saturated rings. The second-order valence-corrected chi connectivity index (χ2v) is 11.6. The number of fused-ring (bicyclic) bond motifs is 1. The minimum Gasteiger partial charge on any atom is -0.493 e. The van der Waals surface area contributed by atoms with Gasteiger partial charge in [-0.2, -0.15) is 0 Å². The van der Waals surface area contributed by atoms with E-state index < -0.39 is 11.6 Å². The molecule has 1 N–H and O–H groups in total. The number of ether oxygens (including phenoxy) is 3. The first kappa shape index (κ1) is 37.1. The molecule has 0 aliphatic rings. The summed E-state index contributed by atoms with van der Waals surface area (Å²) in [5.74, 6) is 0.654. The van der Waals surface area contributed by atoms with Gasteiger partial charge in [0, 0.05) is 35.2 Å². The zero-order valence-corrected chi connectivity index (χ0v) is 28.6. The van der Waals surface area contributed by atoms with Crippen molar-refractivity contribution in [2.24, 2.45) is 0 Å². The molecule has 7 nitrogen and oxygen atoms in total. The van der Waals surface area contributed by atoms with Gasteiger partial charge in [0.15, 0.2) is 11.5 Å². The van der Waals surface area contributed by atoms with E-state index in [9.17, 15) is 9.59 Å². The summed E-state index contributed by atoms with van der Waals surface area (Å²) >= 11 is 0. The third-order valence-corrected chi connectivity index (χ3v) is 7.30. The van der Waals surface area contributed by atoms with Crippen molar-refractivity contribution in [3.05, 3.63) is 132 Å². The van der Waals surface area contributed by atoms with Gasteiger partial charge in [-0.25, -0.2) is 4.79 Å². The number of methoxy groups -OCH3 is 2. The van der Waals surface area contributed by atoms with Crippen molar-refractivity contribution >= 4 is 22.8 Å². The number of nitrogens with zero attached hydrogens (tertiary/aromatic N) is 1. The van der Waals surface area contributed by atoms with Gasteiger partial charge >= 0.3 is 5.97 Å². The number of amides is 1. The van der Waals surface area contributed by atoms with Crippen molar-refractivity contribution in [3.63, 3.8) is 0 Å². The number of allylic oxidation sites excluding steroid dienone is 5. The van der Waals surface area contributed by atoms with Crippen molar-refractivity contribution in [2.45, 2.75) is 60.2 Å². The summed E-state index contributed by atoms with van der Waals surface area (Å²) in [6.07, 6.45) is 5.38. The number of aryl methyl sites for hydroxylation is 1. The van der Waals surface area contributed by atoms with E-state index in [1.54, 1.807) is 27.2 Å². The average Bonchev–Trinajstić information content (AvgIpc) is 3.26. The molecule has 3 aromatic rings. The summed E-state index contributed by atoms with van der Waals surface area (Å²) in [6, 6.07) is 11.3. The fourth-order valence-electron chi connectivity index (χ4n) is 4.77. The Morgan fingerprint density at radius 1 is 0.935 bits per heavy atom. The lowest BCUT2D eigenvalue weighted by Crippen LogP contribution is -2.25. The van der Waals surface area contributed by atoms with Crippen LogP contribution in [-0.4, -0.2) is 36.3 Å². The Morgan fingerprint density at radius 3 is 2.17 bits per heavy atom. The fraction of sp³-hybridized carbons (Fsp3) is 0.282. The molecule has 2 aromatic carbocycles. The molecule has 0 aliphatic carbocycles. The van der Waals surface area contributed by atoms with Crippen molar-refractivity contribution in [1.29, 1.82) is 0 Å². The quantitative estimate of drug-likeness (QED) is 0.0946. The monoisotopic (exact) mass is 624 g/mol. The second kappa shape index (κ2) is 16.3. The molecule has 0 atom stereocenters. The zero-order chi connectivity index (χ0) is 34.8. The molecule has 0 bridgehead atoms. The Bertz CT molecular complexity index is 1700. The molecule has 7 heteroatoms. The highest BCUT2D eigenvalue weighted by Gasteiger charge is 2.22. The Hall–Kier alpha value is -5.04. The van der Waals surface area contributed by atoms with E-state index in [0.717, 1.165) is 33.3 Å². The number of nitrogens with one attached hydrogen (secondary N) is 1. The SMILES string of the molecule is C=C.C=C(/C=C\C(=C)C(=C)/C(=C\C)C(=O)OC(C)(C)C)Cn1c(C)c(C)c2cc(C(=O)NCc3ccc(OC)c(OC)c3)ccc21. The molecule has 1 heterocycles. The van der Waals surface area contributed by atoms with Crippen molar-refractivity contribution in [3.8, 4) is 11.5 Å². The second-order valence-electron chi connectivity index (χ2n) is 11.6. The minimum atomic E-state index is -0.608. The Labute approximate surface area is 274 Å². The fourth-order valence-corrected chi connectivity index (χ4v) is 4.77. The van der Waals surface area contributed by atoms with Gasteiger partial charge in [0.2, 0.25) is 0 Å². The van der Waals surface area contributed by atoms with E-state index in [2.05, 4.69) is 56.6 Å². The molecule has 1 aromatic heterocycles. The maximum atomic E-state index is 13.1. The summed E-state index contributed by atoms with van der Waals surface area (Å²) < 4.78 is 18.3. The molecule has 0 unspecified atom stereocenters. The van der Waals surface area contributed by atoms with Crippen LogP contribution in [0.3, 0.4) is 0 Å². The summed E-state index contributed by atoms with van der Waals surface area (Å²) in [5, 5.41) is 4.00. The van der Waals surface area contributed by atoms with Crippen LogP contribution in [0.15, 0.2) is 110 Å². The third-order valence-electron chi connectivity index (χ3n) is 7.30. The molecule has 0 spiro atoms. The predicted molar refractivity (Wildman–Crippen MR) is 190 cm³/mol. The van der Waals surface area contributed by atoms with E-state index in [-0.39, 0.29) is 5.91 Å². The van der Waals surface area contributed by atoms with Crippen LogP contribution in [0.5, 0.6) is 11.5 Å². The van der Waals surface area contributed by atoms with Gasteiger partial charge in [-0.3, -0.25) is 4.79 Å². The molecular weight excluding hydrogens is 576 g/mol. The van der Waals surface area contributed by atoms with Crippen molar-refractivity contribution < 1.29 is 23.8 Å². The first-order valence-corrected chi connectivity index (χ1v) is 14.9. The highest BCUT2D eigenvalue weighted by Crippen LogP contribution is 2.29. The first-order valence-electron chi connectivity index (χ1n) is 14.9. The molecule has 0 saturated carbocycles. The van der Waals surface area contributed by atoms with Gasteiger partial charge in [0.25, 0.3) is 5.91 Å². The normalized spacial score (nSPS) is 11.4.